The van der Waals surface area contributed by atoms with Gasteiger partial charge in [-0.05, 0) is 38.1 Å². The van der Waals surface area contributed by atoms with Crippen molar-refractivity contribution in [1.29, 1.82) is 0 Å². The maximum absolute atomic E-state index is 10.8. The van der Waals surface area contributed by atoms with Crippen LogP contribution in [0.25, 0.3) is 0 Å². The lowest BCUT2D eigenvalue weighted by molar-refractivity contribution is -0.111. The summed E-state index contributed by atoms with van der Waals surface area (Å²) in [5.74, 6) is 0. The number of carbonyl (C=O) groups excluding carboxylic acids is 1. The topological polar surface area (TPSA) is 32.3 Å². The van der Waals surface area contributed by atoms with E-state index in [0.717, 1.165) is 25.9 Å². The average molecular weight is 240 g/mol. The minimum absolute atomic E-state index is 0.0799. The van der Waals surface area contributed by atoms with Crippen LogP contribution in [0.4, 0.5) is 0 Å². The molecular weight excluding hydrogens is 212 g/mol. The highest BCUT2D eigenvalue weighted by Gasteiger charge is 2.40. The van der Waals surface area contributed by atoms with Crippen molar-refractivity contribution in [1.82, 2.24) is 10.2 Å². The Morgan fingerprint density at radius 2 is 2.00 bits per heavy atom. The molecule has 1 amide bonds. The fourth-order valence-electron chi connectivity index (χ4n) is 2.91. The average Bonchev–Trinajstić information content (AvgIpc) is 2.64. The van der Waals surface area contributed by atoms with E-state index in [9.17, 15) is 4.79 Å². The quantitative estimate of drug-likeness (QED) is 0.749. The molecule has 0 aromatic heterocycles. The van der Waals surface area contributed by atoms with Crippen LogP contribution in [0.1, 0.15) is 53.9 Å². The predicted octanol–water partition coefficient (Wildman–Crippen LogP) is 2.41. The third kappa shape index (κ3) is 3.70. The molecule has 0 aliphatic carbocycles. The lowest BCUT2D eigenvalue weighted by Gasteiger charge is -2.41. The van der Waals surface area contributed by atoms with E-state index in [0.29, 0.717) is 11.5 Å². The van der Waals surface area contributed by atoms with Gasteiger partial charge in [0, 0.05) is 12.6 Å². The van der Waals surface area contributed by atoms with Crippen molar-refractivity contribution in [2.45, 2.75) is 65.5 Å². The van der Waals surface area contributed by atoms with Gasteiger partial charge < -0.3 is 5.32 Å². The van der Waals surface area contributed by atoms with E-state index in [2.05, 4.69) is 44.8 Å². The van der Waals surface area contributed by atoms with Gasteiger partial charge in [-0.15, -0.1) is 0 Å². The van der Waals surface area contributed by atoms with E-state index in [1.807, 2.05) is 0 Å². The monoisotopic (exact) mass is 240 g/mol. The number of rotatable bonds is 5. The molecular formula is C14H28N2O. The van der Waals surface area contributed by atoms with Crippen LogP contribution in [0.2, 0.25) is 0 Å². The van der Waals surface area contributed by atoms with E-state index >= 15 is 0 Å². The Balaban J connectivity index is 2.76. The summed E-state index contributed by atoms with van der Waals surface area (Å²) < 4.78 is 0. The summed E-state index contributed by atoms with van der Waals surface area (Å²) in [4.78, 5) is 13.4. The fourth-order valence-corrected chi connectivity index (χ4v) is 2.91. The maximum Gasteiger partial charge on any atom is 0.207 e. The molecule has 1 aliphatic rings. The first-order chi connectivity index (χ1) is 7.82. The van der Waals surface area contributed by atoms with Crippen LogP contribution in [0.15, 0.2) is 0 Å². The van der Waals surface area contributed by atoms with Crippen LogP contribution in [-0.2, 0) is 4.79 Å². The highest BCUT2D eigenvalue weighted by molar-refractivity contribution is 5.48. The van der Waals surface area contributed by atoms with E-state index in [-0.39, 0.29) is 5.54 Å². The summed E-state index contributed by atoms with van der Waals surface area (Å²) in [6.45, 7) is 13.4. The standard InChI is InChI=1S/C14H28N2O/c1-6-14(5,15-11-17)12-8-7-9-16(12)10-13(2,3)4/h11-12H,6-10H2,1-5H3,(H,15,17). The molecule has 1 N–H and O–H groups in total. The number of carbonyl (C=O) groups is 1. The van der Waals surface area contributed by atoms with Gasteiger partial charge in [0.25, 0.3) is 0 Å². The molecule has 1 fully saturated rings. The molecule has 3 heteroatoms. The zero-order valence-corrected chi connectivity index (χ0v) is 12.0. The normalized spacial score (nSPS) is 25.6. The molecule has 100 valence electrons. The molecule has 0 saturated carbocycles. The van der Waals surface area contributed by atoms with Crippen LogP contribution in [-0.4, -0.2) is 36.0 Å². The Hall–Kier alpha value is -0.570. The van der Waals surface area contributed by atoms with Crippen molar-refractivity contribution in [3.05, 3.63) is 0 Å². The van der Waals surface area contributed by atoms with Crippen LogP contribution < -0.4 is 5.32 Å². The molecule has 2 atom stereocenters. The number of hydrogen-bond acceptors (Lipinski definition) is 2. The van der Waals surface area contributed by atoms with Gasteiger partial charge in [-0.2, -0.15) is 0 Å². The number of likely N-dealkylation sites (tertiary alicyclic amines) is 1. The van der Waals surface area contributed by atoms with Crippen molar-refractivity contribution < 1.29 is 4.79 Å². The van der Waals surface area contributed by atoms with Crippen LogP contribution in [0, 0.1) is 5.41 Å². The summed E-state index contributed by atoms with van der Waals surface area (Å²) in [6.07, 6.45) is 4.28. The summed E-state index contributed by atoms with van der Waals surface area (Å²) >= 11 is 0. The van der Waals surface area contributed by atoms with Gasteiger partial charge in [0.2, 0.25) is 6.41 Å². The smallest absolute Gasteiger partial charge is 0.207 e. The van der Waals surface area contributed by atoms with Crippen molar-refractivity contribution in [2.75, 3.05) is 13.1 Å². The summed E-state index contributed by atoms with van der Waals surface area (Å²) in [6, 6.07) is 0.483. The molecule has 0 aromatic rings. The lowest BCUT2D eigenvalue weighted by Crippen LogP contribution is -2.57. The van der Waals surface area contributed by atoms with Crippen LogP contribution >= 0.6 is 0 Å². The molecule has 1 heterocycles. The maximum atomic E-state index is 10.8. The first kappa shape index (κ1) is 14.5. The Morgan fingerprint density at radius 1 is 1.35 bits per heavy atom. The SMILES string of the molecule is CCC(C)(NC=O)C1CCCN1CC(C)(C)C. The van der Waals surface area contributed by atoms with Crippen molar-refractivity contribution in [3.8, 4) is 0 Å². The molecule has 1 aliphatic heterocycles. The summed E-state index contributed by atoms with van der Waals surface area (Å²) in [7, 11) is 0. The molecule has 2 unspecified atom stereocenters. The summed E-state index contributed by atoms with van der Waals surface area (Å²) in [5, 5.41) is 3.04. The number of hydrogen-bond donors (Lipinski definition) is 1. The van der Waals surface area contributed by atoms with E-state index in [1.54, 1.807) is 0 Å². The van der Waals surface area contributed by atoms with Gasteiger partial charge in [0.05, 0.1) is 5.54 Å². The van der Waals surface area contributed by atoms with Crippen LogP contribution in [0.3, 0.4) is 0 Å². The Bertz CT molecular complexity index is 259. The third-order valence-electron chi connectivity index (χ3n) is 3.90. The van der Waals surface area contributed by atoms with Gasteiger partial charge in [-0.3, -0.25) is 9.69 Å². The Morgan fingerprint density at radius 3 is 2.47 bits per heavy atom. The Labute approximate surface area is 106 Å². The molecule has 0 bridgehead atoms. The first-order valence-corrected chi connectivity index (χ1v) is 6.78. The van der Waals surface area contributed by atoms with Gasteiger partial charge in [-0.1, -0.05) is 27.7 Å². The van der Waals surface area contributed by atoms with Crippen LogP contribution in [0.5, 0.6) is 0 Å². The van der Waals surface area contributed by atoms with Crippen molar-refractivity contribution in [2.24, 2.45) is 5.41 Å². The lowest BCUT2D eigenvalue weighted by atomic mass is 9.86. The first-order valence-electron chi connectivity index (χ1n) is 6.78. The minimum atomic E-state index is -0.0799. The number of nitrogens with zero attached hydrogens (tertiary/aromatic N) is 1. The second kappa shape index (κ2) is 5.38. The highest BCUT2D eigenvalue weighted by atomic mass is 16.1. The fraction of sp³-hybridized carbons (Fsp3) is 0.929. The van der Waals surface area contributed by atoms with E-state index in [4.69, 9.17) is 0 Å². The zero-order valence-electron chi connectivity index (χ0n) is 12.0. The molecule has 0 aromatic carbocycles. The van der Waals surface area contributed by atoms with Crippen molar-refractivity contribution in [3.63, 3.8) is 0 Å². The summed E-state index contributed by atoms with van der Waals surface area (Å²) in [5.41, 5.74) is 0.238. The molecule has 1 rings (SSSR count). The molecule has 1 saturated heterocycles. The van der Waals surface area contributed by atoms with E-state index < -0.39 is 0 Å². The largest absolute Gasteiger partial charge is 0.352 e. The van der Waals surface area contributed by atoms with Crippen molar-refractivity contribution >= 4 is 6.41 Å². The third-order valence-corrected chi connectivity index (χ3v) is 3.90. The van der Waals surface area contributed by atoms with Gasteiger partial charge >= 0.3 is 0 Å². The second-order valence-electron chi connectivity index (χ2n) is 6.72. The molecule has 17 heavy (non-hydrogen) atoms. The van der Waals surface area contributed by atoms with Gasteiger partial charge in [-0.25, -0.2) is 0 Å². The minimum Gasteiger partial charge on any atom is -0.352 e. The molecule has 0 radical (unpaired) electrons. The van der Waals surface area contributed by atoms with Gasteiger partial charge in [0.1, 0.15) is 0 Å². The number of nitrogens with one attached hydrogen (secondary N) is 1. The second-order valence-corrected chi connectivity index (χ2v) is 6.72. The predicted molar refractivity (Wildman–Crippen MR) is 71.9 cm³/mol. The molecule has 3 nitrogen and oxygen atoms in total. The Kier molecular flexibility index (Phi) is 4.59. The van der Waals surface area contributed by atoms with Gasteiger partial charge in [0.15, 0.2) is 0 Å². The van der Waals surface area contributed by atoms with E-state index in [1.165, 1.54) is 12.8 Å². The highest BCUT2D eigenvalue weighted by Crippen LogP contribution is 2.31. The number of amides is 1. The molecule has 0 spiro atoms. The zero-order chi connectivity index (χ0) is 13.1.